The number of nitrogens with zero attached hydrogens (tertiary/aromatic N) is 4. The first-order valence-corrected chi connectivity index (χ1v) is 9.16. The van der Waals surface area contributed by atoms with Crippen LogP contribution < -0.4 is 0 Å². The number of aromatic nitrogens is 2. The van der Waals surface area contributed by atoms with E-state index >= 15 is 0 Å². The van der Waals surface area contributed by atoms with Gasteiger partial charge in [0.05, 0.1) is 11.4 Å². The van der Waals surface area contributed by atoms with Gasteiger partial charge in [0.2, 0.25) is 15.9 Å². The molecule has 0 aliphatic carbocycles. The van der Waals surface area contributed by atoms with E-state index in [9.17, 15) is 13.2 Å². The summed E-state index contributed by atoms with van der Waals surface area (Å²) in [5.41, 5.74) is 1.83. The molecule has 0 aromatic carbocycles. The van der Waals surface area contributed by atoms with Crippen molar-refractivity contribution in [3.05, 3.63) is 17.5 Å². The van der Waals surface area contributed by atoms with Crippen LogP contribution in [0.25, 0.3) is 0 Å². The summed E-state index contributed by atoms with van der Waals surface area (Å²) in [5.74, 6) is 0.0862. The third-order valence-electron chi connectivity index (χ3n) is 4.08. The Bertz CT molecular complexity index is 645. The van der Waals surface area contributed by atoms with Gasteiger partial charge in [-0.15, -0.1) is 0 Å². The first kappa shape index (κ1) is 17.0. The Kier molecular flexibility index (Phi) is 4.91. The average Bonchev–Trinajstić information content (AvgIpc) is 2.84. The molecule has 8 heteroatoms. The highest BCUT2D eigenvalue weighted by Crippen LogP contribution is 2.16. The lowest BCUT2D eigenvalue weighted by atomic mass is 10.2. The van der Waals surface area contributed by atoms with Crippen molar-refractivity contribution < 1.29 is 13.2 Å². The zero-order valence-electron chi connectivity index (χ0n) is 13.6. The quantitative estimate of drug-likeness (QED) is 0.809. The Morgan fingerprint density at radius 3 is 2.32 bits per heavy atom. The van der Waals surface area contributed by atoms with Crippen LogP contribution >= 0.6 is 0 Å². The minimum atomic E-state index is -3.17. The van der Waals surface area contributed by atoms with Gasteiger partial charge in [-0.3, -0.25) is 9.48 Å². The van der Waals surface area contributed by atoms with Gasteiger partial charge >= 0.3 is 0 Å². The number of sulfonamides is 1. The molecule has 124 valence electrons. The third kappa shape index (κ3) is 3.33. The van der Waals surface area contributed by atoms with Crippen LogP contribution in [-0.2, 0) is 14.8 Å². The molecular formula is C14H24N4O3S. The number of aryl methyl sites for hydroxylation is 2. The van der Waals surface area contributed by atoms with Crippen molar-refractivity contribution in [3.63, 3.8) is 0 Å². The van der Waals surface area contributed by atoms with E-state index in [1.54, 1.807) is 16.5 Å². The molecule has 1 atom stereocenters. The molecule has 0 radical (unpaired) electrons. The average molecular weight is 328 g/mol. The summed E-state index contributed by atoms with van der Waals surface area (Å²) >= 11 is 0. The molecule has 0 spiro atoms. The molecule has 22 heavy (non-hydrogen) atoms. The first-order valence-electron chi connectivity index (χ1n) is 7.55. The van der Waals surface area contributed by atoms with E-state index in [1.165, 1.54) is 4.31 Å². The van der Waals surface area contributed by atoms with Crippen molar-refractivity contribution >= 4 is 15.9 Å². The van der Waals surface area contributed by atoms with Crippen LogP contribution in [0.5, 0.6) is 0 Å². The lowest BCUT2D eigenvalue weighted by Gasteiger charge is -2.35. The second kappa shape index (κ2) is 6.37. The van der Waals surface area contributed by atoms with Crippen LogP contribution in [0.4, 0.5) is 0 Å². The molecule has 1 aromatic rings. The number of hydrogen-bond donors (Lipinski definition) is 0. The van der Waals surface area contributed by atoms with Crippen molar-refractivity contribution in [1.82, 2.24) is 19.0 Å². The summed E-state index contributed by atoms with van der Waals surface area (Å²) in [6.45, 7) is 8.89. The van der Waals surface area contributed by atoms with E-state index in [-0.39, 0.29) is 17.7 Å². The highest BCUT2D eigenvalue weighted by Gasteiger charge is 2.30. The zero-order chi connectivity index (χ0) is 16.5. The van der Waals surface area contributed by atoms with Gasteiger partial charge in [0.15, 0.2) is 0 Å². The van der Waals surface area contributed by atoms with E-state index in [0.717, 1.165) is 11.4 Å². The smallest absolute Gasteiger partial charge is 0.247 e. The summed E-state index contributed by atoms with van der Waals surface area (Å²) in [5, 5.41) is 4.36. The summed E-state index contributed by atoms with van der Waals surface area (Å²) < 4.78 is 26.9. The predicted molar refractivity (Wildman–Crippen MR) is 84.0 cm³/mol. The Morgan fingerprint density at radius 1 is 1.27 bits per heavy atom. The standard InChI is InChI=1S/C14H24N4O3S/c1-5-22(20,21)17-8-6-16(7-9-17)14(19)13(4)18-12(3)10-11(2)15-18/h10,13H,5-9H2,1-4H3. The molecule has 0 bridgehead atoms. The summed E-state index contributed by atoms with van der Waals surface area (Å²) in [6.07, 6.45) is 0. The molecule has 1 unspecified atom stereocenters. The third-order valence-corrected chi connectivity index (χ3v) is 5.96. The van der Waals surface area contributed by atoms with Gasteiger partial charge in [-0.1, -0.05) is 0 Å². The van der Waals surface area contributed by atoms with E-state index in [1.807, 2.05) is 26.8 Å². The van der Waals surface area contributed by atoms with Gasteiger partial charge in [-0.25, -0.2) is 8.42 Å². The van der Waals surface area contributed by atoms with Crippen LogP contribution in [0.1, 0.15) is 31.3 Å². The van der Waals surface area contributed by atoms with Gasteiger partial charge in [0.25, 0.3) is 0 Å². The lowest BCUT2D eigenvalue weighted by molar-refractivity contribution is -0.135. The number of hydrogen-bond acceptors (Lipinski definition) is 4. The second-order valence-electron chi connectivity index (χ2n) is 5.67. The highest BCUT2D eigenvalue weighted by molar-refractivity contribution is 7.89. The lowest BCUT2D eigenvalue weighted by Crippen LogP contribution is -2.52. The zero-order valence-corrected chi connectivity index (χ0v) is 14.4. The van der Waals surface area contributed by atoms with Gasteiger partial charge in [0, 0.05) is 31.9 Å². The monoisotopic (exact) mass is 328 g/mol. The molecule has 1 aliphatic rings. The fraction of sp³-hybridized carbons (Fsp3) is 0.714. The molecule has 7 nitrogen and oxygen atoms in total. The van der Waals surface area contributed by atoms with Crippen LogP contribution in [-0.4, -0.2) is 65.2 Å². The van der Waals surface area contributed by atoms with Crippen molar-refractivity contribution in [2.24, 2.45) is 0 Å². The summed E-state index contributed by atoms with van der Waals surface area (Å²) in [4.78, 5) is 14.3. The SMILES string of the molecule is CCS(=O)(=O)N1CCN(C(=O)C(C)n2nc(C)cc2C)CC1. The van der Waals surface area contributed by atoms with Crippen LogP contribution in [0.2, 0.25) is 0 Å². The predicted octanol–water partition coefficient (Wildman–Crippen LogP) is 0.555. The van der Waals surface area contributed by atoms with Crippen LogP contribution in [0.15, 0.2) is 6.07 Å². The minimum absolute atomic E-state index is 0.0141. The summed E-state index contributed by atoms with van der Waals surface area (Å²) in [6, 6.07) is 1.57. The molecule has 1 aromatic heterocycles. The molecule has 2 heterocycles. The Balaban J connectivity index is 2.02. The molecule has 0 saturated carbocycles. The maximum atomic E-state index is 12.6. The topological polar surface area (TPSA) is 75.5 Å². The van der Waals surface area contributed by atoms with Crippen molar-refractivity contribution in [2.75, 3.05) is 31.9 Å². The largest absolute Gasteiger partial charge is 0.338 e. The van der Waals surface area contributed by atoms with Crippen LogP contribution in [0, 0.1) is 13.8 Å². The van der Waals surface area contributed by atoms with E-state index in [4.69, 9.17) is 0 Å². The number of rotatable bonds is 4. The van der Waals surface area contributed by atoms with E-state index in [0.29, 0.717) is 26.2 Å². The molecule has 2 rings (SSSR count). The van der Waals surface area contributed by atoms with Gasteiger partial charge in [-0.2, -0.15) is 9.40 Å². The Hall–Kier alpha value is -1.41. The molecule has 1 fully saturated rings. The maximum Gasteiger partial charge on any atom is 0.247 e. The number of piperazine rings is 1. The van der Waals surface area contributed by atoms with Crippen LogP contribution in [0.3, 0.4) is 0 Å². The molecule has 1 saturated heterocycles. The number of carbonyl (C=O) groups is 1. The van der Waals surface area contributed by atoms with Gasteiger partial charge < -0.3 is 4.90 Å². The molecule has 0 N–H and O–H groups in total. The number of amides is 1. The van der Waals surface area contributed by atoms with Gasteiger partial charge in [-0.05, 0) is 33.8 Å². The fourth-order valence-corrected chi connectivity index (χ4v) is 3.86. The minimum Gasteiger partial charge on any atom is -0.338 e. The Morgan fingerprint density at radius 2 is 1.86 bits per heavy atom. The van der Waals surface area contributed by atoms with Crippen molar-refractivity contribution in [3.8, 4) is 0 Å². The van der Waals surface area contributed by atoms with E-state index in [2.05, 4.69) is 5.10 Å². The molecule has 1 amide bonds. The first-order chi connectivity index (χ1) is 10.3. The Labute approximate surface area is 131 Å². The summed E-state index contributed by atoms with van der Waals surface area (Å²) in [7, 11) is -3.17. The van der Waals surface area contributed by atoms with E-state index < -0.39 is 10.0 Å². The highest BCUT2D eigenvalue weighted by atomic mass is 32.2. The molecular weight excluding hydrogens is 304 g/mol. The molecule has 1 aliphatic heterocycles. The number of carbonyl (C=O) groups excluding carboxylic acids is 1. The van der Waals surface area contributed by atoms with Gasteiger partial charge in [0.1, 0.15) is 6.04 Å². The van der Waals surface area contributed by atoms with Crippen molar-refractivity contribution in [1.29, 1.82) is 0 Å². The maximum absolute atomic E-state index is 12.6. The normalized spacial score (nSPS) is 18.5. The second-order valence-corrected chi connectivity index (χ2v) is 7.93. The van der Waals surface area contributed by atoms with Crippen molar-refractivity contribution in [2.45, 2.75) is 33.7 Å². The fourth-order valence-electron chi connectivity index (χ4n) is 2.78.